The molecule has 3 N–H and O–H groups in total. The number of hydrogen-bond acceptors (Lipinski definition) is 12. The first-order chi connectivity index (χ1) is 32.1. The maximum atomic E-state index is 14.1. The van der Waals surface area contributed by atoms with Gasteiger partial charge in [0.2, 0.25) is 0 Å². The highest BCUT2D eigenvalue weighted by Crippen LogP contribution is 2.55. The number of nitrogens with zero attached hydrogens (tertiary/aromatic N) is 4. The number of anilines is 1. The molecular weight excluding hydrogens is 889 g/mol. The van der Waals surface area contributed by atoms with Gasteiger partial charge in [0.05, 0.1) is 27.2 Å². The first-order valence-electron chi connectivity index (χ1n) is 23.9. The number of likely N-dealkylation sites (tertiary alicyclic amines) is 1. The second-order valence-electron chi connectivity index (χ2n) is 20.3. The van der Waals surface area contributed by atoms with Crippen LogP contribution in [0.3, 0.4) is 0 Å². The van der Waals surface area contributed by atoms with Crippen LogP contribution in [0.4, 0.5) is 11.4 Å². The average molecular weight is 949 g/mol. The molecule has 2 saturated heterocycles. The number of hydrogen-bond donors (Lipinski definition) is 3. The maximum Gasteiger partial charge on any atom is 0.288 e. The van der Waals surface area contributed by atoms with Crippen LogP contribution in [0.25, 0.3) is 11.0 Å². The Morgan fingerprint density at radius 3 is 2.58 bits per heavy atom. The Morgan fingerprint density at radius 2 is 1.82 bits per heavy atom. The summed E-state index contributed by atoms with van der Waals surface area (Å²) in [7, 11) is -4.63. The van der Waals surface area contributed by atoms with Crippen LogP contribution in [0.2, 0.25) is 0 Å². The van der Waals surface area contributed by atoms with Crippen molar-refractivity contribution < 1.29 is 32.7 Å². The molecule has 2 aromatic heterocycles. The Morgan fingerprint density at radius 1 is 1.04 bits per heavy atom. The van der Waals surface area contributed by atoms with Crippen LogP contribution in [0, 0.1) is 21.4 Å². The van der Waals surface area contributed by atoms with E-state index >= 15 is 0 Å². The van der Waals surface area contributed by atoms with Gasteiger partial charge in [-0.05, 0) is 137 Å². The predicted molar refractivity (Wildman–Crippen MR) is 259 cm³/mol. The van der Waals surface area contributed by atoms with E-state index in [2.05, 4.69) is 62.6 Å². The quantitative estimate of drug-likeness (QED) is 0.0797. The number of aromatic nitrogens is 2. The maximum absolute atomic E-state index is 14.1. The summed E-state index contributed by atoms with van der Waals surface area (Å²) in [4.78, 5) is 38.4. The monoisotopic (exact) mass is 948 g/mol. The Hall–Kier alpha value is -5.16. The Labute approximate surface area is 396 Å². The van der Waals surface area contributed by atoms with Crippen LogP contribution in [0.5, 0.6) is 17.2 Å². The Kier molecular flexibility index (Phi) is 12.3. The number of nitro benzene ring substituents is 1. The standard InChI is InChI=1S/C51H60N6O8S2/c1-32(2)40-7-4-5-8-41(40)43-9-6-20-56(43)36-28-51(29-36)17-21-55(22-18-51)35-10-11-42(45(25-35)65-37-24-34-14-19-52-48(34)53-30-37)49(58)54-67(62,63)39-26-44(57(60)61)47-46(27-39)64-31-38(66-47)23-33-12-15-50(3,59)16-13-33/h4-5,7-8,10-11,14,19,24-27,30,32-33,36,38,43,59H,6,9,12-13,15-18,20-23,28-29,31H2,1-3H3,(H,52,53)(H,54,58)/t33-,38-,43+,50-/m0/s1. The molecule has 16 heteroatoms. The van der Waals surface area contributed by atoms with Crippen LogP contribution in [-0.2, 0) is 10.0 Å². The molecule has 5 aromatic rings. The van der Waals surface area contributed by atoms with Gasteiger partial charge in [0, 0.05) is 65.9 Å². The number of carbonyl (C=O) groups is 1. The van der Waals surface area contributed by atoms with E-state index < -0.39 is 37.0 Å². The van der Waals surface area contributed by atoms with Gasteiger partial charge < -0.3 is 24.5 Å². The predicted octanol–water partition coefficient (Wildman–Crippen LogP) is 10.3. The molecule has 2 saturated carbocycles. The second kappa shape index (κ2) is 18.1. The number of H-pyrrole nitrogens is 1. The summed E-state index contributed by atoms with van der Waals surface area (Å²) in [5.41, 5.74) is 3.69. The number of thioether (sulfide) groups is 1. The van der Waals surface area contributed by atoms with Crippen molar-refractivity contribution >= 4 is 50.1 Å². The van der Waals surface area contributed by atoms with Crippen molar-refractivity contribution in [2.24, 2.45) is 11.3 Å². The van der Waals surface area contributed by atoms with Gasteiger partial charge in [-0.3, -0.25) is 19.8 Å². The van der Waals surface area contributed by atoms with Crippen molar-refractivity contribution in [3.63, 3.8) is 0 Å². The summed E-state index contributed by atoms with van der Waals surface area (Å²) >= 11 is 1.32. The van der Waals surface area contributed by atoms with Gasteiger partial charge in [-0.25, -0.2) is 18.1 Å². The molecule has 67 heavy (non-hydrogen) atoms. The number of nitro groups is 1. The molecule has 1 amide bonds. The van der Waals surface area contributed by atoms with E-state index in [0.717, 1.165) is 68.9 Å². The molecule has 3 aromatic carbocycles. The number of pyridine rings is 1. The van der Waals surface area contributed by atoms with Gasteiger partial charge in [0.25, 0.3) is 21.6 Å². The highest BCUT2D eigenvalue weighted by Gasteiger charge is 2.50. The molecule has 2 aliphatic carbocycles. The fraction of sp³-hybridized carbons (Fsp3) is 0.490. The van der Waals surface area contributed by atoms with Gasteiger partial charge in [-0.1, -0.05) is 38.1 Å². The van der Waals surface area contributed by atoms with Crippen LogP contribution in [-0.4, -0.2) is 82.4 Å². The van der Waals surface area contributed by atoms with Crippen LogP contribution < -0.4 is 19.1 Å². The van der Waals surface area contributed by atoms with Gasteiger partial charge in [-0.15, -0.1) is 11.8 Å². The van der Waals surface area contributed by atoms with E-state index in [4.69, 9.17) is 9.47 Å². The van der Waals surface area contributed by atoms with E-state index in [1.807, 2.05) is 19.1 Å². The summed E-state index contributed by atoms with van der Waals surface area (Å²) in [5.74, 6) is 0.497. The SMILES string of the molecule is CC(C)c1ccccc1[C@H]1CCCN1C1CC2(CCN(c3ccc(C(=O)NS(=O)(=O)c4cc5c(c([N+](=O)[O-])c4)S[C@@H](C[C@H]4CC[C@](C)(O)CC4)CO5)c(Oc4cnc5[nH]ccc5c4)c3)CC2)C1. The molecule has 3 aliphatic heterocycles. The fourth-order valence-corrected chi connectivity index (χ4v) is 13.9. The molecular formula is C51H60N6O8S2. The number of aromatic amines is 1. The van der Waals surface area contributed by atoms with E-state index in [0.29, 0.717) is 53.6 Å². The molecule has 10 rings (SSSR count). The number of nitrogens with one attached hydrogen (secondary N) is 2. The Balaban J connectivity index is 0.845. The largest absolute Gasteiger partial charge is 0.491 e. The molecule has 354 valence electrons. The summed E-state index contributed by atoms with van der Waals surface area (Å²) in [6, 6.07) is 21.1. The third-order valence-electron chi connectivity index (χ3n) is 15.3. The van der Waals surface area contributed by atoms with Crippen molar-refractivity contribution in [1.29, 1.82) is 0 Å². The number of benzene rings is 3. The minimum absolute atomic E-state index is 0.0256. The number of carbonyl (C=O) groups excluding carboxylic acids is 1. The number of fused-ring (bicyclic) bond motifs is 2. The number of sulfonamides is 1. The Bertz CT molecular complexity index is 2790. The summed E-state index contributed by atoms with van der Waals surface area (Å²) in [6.07, 6.45) is 14.1. The van der Waals surface area contributed by atoms with Crippen LogP contribution in [0.15, 0.2) is 88.9 Å². The molecule has 5 aliphatic rings. The van der Waals surface area contributed by atoms with E-state index in [1.165, 1.54) is 54.6 Å². The summed E-state index contributed by atoms with van der Waals surface area (Å²) < 4.78 is 42.5. The third kappa shape index (κ3) is 9.38. The minimum atomic E-state index is -4.63. The molecule has 2 atom stereocenters. The van der Waals surface area contributed by atoms with Crippen LogP contribution in [0.1, 0.15) is 125 Å². The number of ether oxygens (including phenoxy) is 2. The lowest BCUT2D eigenvalue weighted by molar-refractivity contribution is -0.388. The third-order valence-corrected chi connectivity index (χ3v) is 17.9. The van der Waals surface area contributed by atoms with Crippen molar-refractivity contribution in [2.75, 3.05) is 31.1 Å². The lowest BCUT2D eigenvalue weighted by Crippen LogP contribution is -2.54. The minimum Gasteiger partial charge on any atom is -0.491 e. The zero-order chi connectivity index (χ0) is 46.7. The number of aliphatic hydroxyl groups is 1. The number of rotatable bonds is 12. The molecule has 1 spiro atoms. The first-order valence-corrected chi connectivity index (χ1v) is 26.2. The van der Waals surface area contributed by atoms with Crippen molar-refractivity contribution in [3.8, 4) is 17.2 Å². The average Bonchev–Trinajstić information content (AvgIpc) is 3.98. The lowest BCUT2D eigenvalue weighted by Gasteiger charge is -2.56. The molecule has 5 heterocycles. The molecule has 4 fully saturated rings. The van der Waals surface area contributed by atoms with Gasteiger partial charge >= 0.3 is 0 Å². The smallest absolute Gasteiger partial charge is 0.288 e. The number of piperidine rings is 1. The first kappa shape index (κ1) is 45.6. The highest BCUT2D eigenvalue weighted by atomic mass is 32.2. The topological polar surface area (TPSA) is 180 Å². The van der Waals surface area contributed by atoms with E-state index in [1.54, 1.807) is 30.6 Å². The normalized spacial score (nSPS) is 24.3. The van der Waals surface area contributed by atoms with Crippen molar-refractivity contribution in [1.82, 2.24) is 19.6 Å². The molecule has 14 nitrogen and oxygen atoms in total. The zero-order valence-corrected chi connectivity index (χ0v) is 40.0. The molecule has 0 radical (unpaired) electrons. The van der Waals surface area contributed by atoms with Crippen molar-refractivity contribution in [2.45, 2.75) is 130 Å². The van der Waals surface area contributed by atoms with E-state index in [-0.39, 0.29) is 33.8 Å². The van der Waals surface area contributed by atoms with Gasteiger partial charge in [0.1, 0.15) is 34.4 Å². The van der Waals surface area contributed by atoms with Crippen LogP contribution >= 0.6 is 11.8 Å². The summed E-state index contributed by atoms with van der Waals surface area (Å²) in [6.45, 7) is 9.50. The van der Waals surface area contributed by atoms with Gasteiger partial charge in [0.15, 0.2) is 0 Å². The summed E-state index contributed by atoms with van der Waals surface area (Å²) in [5, 5.41) is 23.6. The molecule has 0 bridgehead atoms. The fourth-order valence-electron chi connectivity index (χ4n) is 11.5. The van der Waals surface area contributed by atoms with E-state index in [9.17, 15) is 28.4 Å². The zero-order valence-electron chi connectivity index (χ0n) is 38.4. The second-order valence-corrected chi connectivity index (χ2v) is 23.3. The van der Waals surface area contributed by atoms with Gasteiger partial charge in [-0.2, -0.15) is 0 Å². The lowest BCUT2D eigenvalue weighted by atomic mass is 9.59. The highest BCUT2D eigenvalue weighted by molar-refractivity contribution is 8.00. The number of amides is 1. The van der Waals surface area contributed by atoms with Crippen molar-refractivity contribution in [3.05, 3.63) is 106 Å². The molecule has 0 unspecified atom stereocenters.